The van der Waals surface area contributed by atoms with Crippen molar-refractivity contribution in [3.05, 3.63) is 37.6 Å². The molecular formula is C21H25ClN2O6S. The number of halogens is 1. The largest absolute Gasteiger partial charge is 0.504 e. The summed E-state index contributed by atoms with van der Waals surface area (Å²) in [5.41, 5.74) is -1.48. The van der Waals surface area contributed by atoms with E-state index in [1.807, 2.05) is 0 Å². The van der Waals surface area contributed by atoms with Gasteiger partial charge in [0.2, 0.25) is 10.0 Å². The van der Waals surface area contributed by atoms with Gasteiger partial charge >= 0.3 is 0 Å². The second-order valence-corrected chi connectivity index (χ2v) is 10.6. The summed E-state index contributed by atoms with van der Waals surface area (Å²) in [6, 6.07) is 2.69. The first kappa shape index (κ1) is 22.1. The van der Waals surface area contributed by atoms with Crippen molar-refractivity contribution in [2.24, 2.45) is 5.41 Å². The van der Waals surface area contributed by atoms with Crippen LogP contribution in [0.25, 0.3) is 0 Å². The highest BCUT2D eigenvalue weighted by molar-refractivity contribution is 7.89. The Morgan fingerprint density at radius 1 is 1.13 bits per heavy atom. The van der Waals surface area contributed by atoms with E-state index in [-0.39, 0.29) is 34.2 Å². The summed E-state index contributed by atoms with van der Waals surface area (Å²) in [4.78, 5) is 23.2. The molecule has 0 unspecified atom stereocenters. The van der Waals surface area contributed by atoms with Gasteiger partial charge in [0, 0.05) is 13.1 Å². The minimum absolute atomic E-state index is 0.0414. The van der Waals surface area contributed by atoms with E-state index in [0.717, 1.165) is 25.7 Å². The van der Waals surface area contributed by atoms with E-state index < -0.39 is 31.5 Å². The van der Waals surface area contributed by atoms with Crippen LogP contribution >= 0.6 is 11.6 Å². The molecule has 10 heteroatoms. The van der Waals surface area contributed by atoms with Crippen molar-refractivity contribution < 1.29 is 18.3 Å². The molecule has 168 valence electrons. The topological polar surface area (TPSA) is 113 Å². The van der Waals surface area contributed by atoms with E-state index in [0.29, 0.717) is 13.1 Å². The number of benzene rings is 1. The lowest BCUT2D eigenvalue weighted by molar-refractivity contribution is 0.160. The minimum Gasteiger partial charge on any atom is -0.504 e. The highest BCUT2D eigenvalue weighted by Crippen LogP contribution is 2.48. The summed E-state index contributed by atoms with van der Waals surface area (Å²) in [6.45, 7) is 2.60. The SMILES string of the molecule is CCOc1c(Nc2ccc(Cl)c(S(=O)(=O)N3CCC4(CCCC4)CC3)c2O)c(=O)c1=O. The maximum Gasteiger partial charge on any atom is 0.272 e. The molecule has 1 saturated heterocycles. The van der Waals surface area contributed by atoms with Crippen LogP contribution in [-0.4, -0.2) is 37.5 Å². The van der Waals surface area contributed by atoms with E-state index in [1.165, 1.54) is 29.3 Å². The van der Waals surface area contributed by atoms with Gasteiger partial charge in [-0.3, -0.25) is 9.59 Å². The normalized spacial score (nSPS) is 19.2. The lowest BCUT2D eigenvalue weighted by Gasteiger charge is -2.38. The van der Waals surface area contributed by atoms with Crippen molar-refractivity contribution >= 4 is 33.0 Å². The third-order valence-electron chi connectivity index (χ3n) is 6.54. The monoisotopic (exact) mass is 468 g/mol. The first-order valence-corrected chi connectivity index (χ1v) is 12.3. The van der Waals surface area contributed by atoms with E-state index in [4.69, 9.17) is 16.3 Å². The highest BCUT2D eigenvalue weighted by atomic mass is 35.5. The van der Waals surface area contributed by atoms with Gasteiger partial charge in [0.25, 0.3) is 10.9 Å². The maximum atomic E-state index is 13.3. The molecular weight excluding hydrogens is 444 g/mol. The number of hydrogen-bond acceptors (Lipinski definition) is 7. The van der Waals surface area contributed by atoms with Crippen LogP contribution in [0.15, 0.2) is 26.6 Å². The number of anilines is 2. The molecule has 2 N–H and O–H groups in total. The van der Waals surface area contributed by atoms with Gasteiger partial charge in [-0.15, -0.1) is 0 Å². The Labute approximate surface area is 185 Å². The lowest BCUT2D eigenvalue weighted by Crippen LogP contribution is -2.42. The van der Waals surface area contributed by atoms with Gasteiger partial charge in [-0.2, -0.15) is 4.31 Å². The van der Waals surface area contributed by atoms with Crippen molar-refractivity contribution in [2.45, 2.75) is 50.3 Å². The summed E-state index contributed by atoms with van der Waals surface area (Å²) >= 11 is 6.19. The molecule has 1 saturated carbocycles. The molecule has 1 spiro atoms. The van der Waals surface area contributed by atoms with E-state index in [1.54, 1.807) is 6.92 Å². The van der Waals surface area contributed by atoms with Crippen LogP contribution in [0.1, 0.15) is 45.4 Å². The Bertz CT molecular complexity index is 1170. The number of rotatable bonds is 6. The van der Waals surface area contributed by atoms with Crippen LogP contribution in [0.4, 0.5) is 11.4 Å². The molecule has 1 heterocycles. The average molecular weight is 469 g/mol. The Hall–Kier alpha value is -2.10. The number of piperidine rings is 1. The van der Waals surface area contributed by atoms with Crippen molar-refractivity contribution in [2.75, 3.05) is 25.0 Å². The zero-order valence-electron chi connectivity index (χ0n) is 17.2. The number of aromatic hydroxyl groups is 1. The smallest absolute Gasteiger partial charge is 0.272 e. The van der Waals surface area contributed by atoms with Crippen molar-refractivity contribution in [1.82, 2.24) is 4.31 Å². The molecule has 2 fully saturated rings. The van der Waals surface area contributed by atoms with Crippen LogP contribution in [-0.2, 0) is 10.0 Å². The molecule has 2 aliphatic rings. The fourth-order valence-electron chi connectivity index (χ4n) is 4.75. The predicted molar refractivity (Wildman–Crippen MR) is 118 cm³/mol. The van der Waals surface area contributed by atoms with Crippen LogP contribution in [0.5, 0.6) is 11.5 Å². The minimum atomic E-state index is -4.05. The number of ether oxygens (including phenoxy) is 1. The van der Waals surface area contributed by atoms with Gasteiger partial charge in [-0.1, -0.05) is 24.4 Å². The molecule has 0 atom stereocenters. The zero-order chi connectivity index (χ0) is 22.4. The van der Waals surface area contributed by atoms with Gasteiger partial charge in [0.15, 0.2) is 11.5 Å². The molecule has 2 aromatic rings. The third kappa shape index (κ3) is 3.72. The average Bonchev–Trinajstić information content (AvgIpc) is 3.19. The molecule has 4 rings (SSSR count). The summed E-state index contributed by atoms with van der Waals surface area (Å²) in [5.74, 6) is -0.728. The van der Waals surface area contributed by atoms with Crippen molar-refractivity contribution in [3.63, 3.8) is 0 Å². The number of phenolic OH excluding ortho intramolecular Hbond substituents is 1. The molecule has 2 aromatic carbocycles. The highest BCUT2D eigenvalue weighted by Gasteiger charge is 2.41. The quantitative estimate of drug-likeness (QED) is 0.494. The van der Waals surface area contributed by atoms with E-state index in [2.05, 4.69) is 5.32 Å². The van der Waals surface area contributed by atoms with E-state index in [9.17, 15) is 23.1 Å². The maximum absolute atomic E-state index is 13.3. The van der Waals surface area contributed by atoms with Crippen molar-refractivity contribution in [1.29, 1.82) is 0 Å². The molecule has 0 aromatic heterocycles. The summed E-state index contributed by atoms with van der Waals surface area (Å²) in [7, 11) is -4.05. The molecule has 8 nitrogen and oxygen atoms in total. The predicted octanol–water partition coefficient (Wildman–Crippen LogP) is 3.13. The first-order valence-electron chi connectivity index (χ1n) is 10.4. The molecule has 0 amide bonds. The van der Waals surface area contributed by atoms with E-state index >= 15 is 0 Å². The number of hydrogen-bond donors (Lipinski definition) is 2. The van der Waals surface area contributed by atoms with Crippen LogP contribution < -0.4 is 20.9 Å². The zero-order valence-corrected chi connectivity index (χ0v) is 18.8. The summed E-state index contributed by atoms with van der Waals surface area (Å²) < 4.78 is 33.2. The van der Waals surface area contributed by atoms with Crippen molar-refractivity contribution in [3.8, 4) is 11.5 Å². The van der Waals surface area contributed by atoms with Crippen LogP contribution in [0, 0.1) is 5.41 Å². The molecule has 1 aliphatic heterocycles. The number of nitrogens with zero attached hydrogens (tertiary/aromatic N) is 1. The fourth-order valence-corrected chi connectivity index (χ4v) is 6.78. The van der Waals surface area contributed by atoms with Gasteiger partial charge in [0.1, 0.15) is 10.6 Å². The van der Waals surface area contributed by atoms with Gasteiger partial charge in [-0.25, -0.2) is 8.42 Å². The lowest BCUT2D eigenvalue weighted by atomic mass is 9.78. The molecule has 31 heavy (non-hydrogen) atoms. The summed E-state index contributed by atoms with van der Waals surface area (Å²) in [6.07, 6.45) is 6.24. The third-order valence-corrected chi connectivity index (χ3v) is 8.94. The first-order chi connectivity index (χ1) is 14.7. The molecule has 0 bridgehead atoms. The van der Waals surface area contributed by atoms with Gasteiger partial charge < -0.3 is 15.2 Å². The second-order valence-electron chi connectivity index (χ2n) is 8.30. The Morgan fingerprint density at radius 3 is 2.39 bits per heavy atom. The Kier molecular flexibility index (Phi) is 5.78. The Balaban J connectivity index is 1.63. The number of nitrogens with one attached hydrogen (secondary N) is 1. The van der Waals surface area contributed by atoms with Gasteiger partial charge in [0.05, 0.1) is 17.3 Å². The molecule has 0 radical (unpaired) electrons. The summed E-state index contributed by atoms with van der Waals surface area (Å²) in [5, 5.41) is 13.3. The molecule has 1 aliphatic carbocycles. The number of sulfonamides is 1. The van der Waals surface area contributed by atoms with Crippen LogP contribution in [0.2, 0.25) is 5.02 Å². The fraction of sp³-hybridized carbons (Fsp3) is 0.524. The Morgan fingerprint density at radius 2 is 1.77 bits per heavy atom. The second kappa shape index (κ2) is 8.11. The number of phenols is 1. The van der Waals surface area contributed by atoms with Gasteiger partial charge in [-0.05, 0) is 50.2 Å². The van der Waals surface area contributed by atoms with Crippen LogP contribution in [0.3, 0.4) is 0 Å². The standard InChI is InChI=1S/C21H25ClN2O6S/c1-2-30-19-15(17(26)18(19)27)23-14-6-5-13(22)20(16(14)25)31(28,29)24-11-9-21(10-12-24)7-3-4-8-21/h5-6,23,25H,2-4,7-12H2,1H3.